The first-order chi connectivity index (χ1) is 16.5. The van der Waals surface area contributed by atoms with Crippen LogP contribution in [-0.2, 0) is 12.3 Å². The number of benzene rings is 3. The Morgan fingerprint density at radius 3 is 2.56 bits per heavy atom. The molecule has 0 unspecified atom stereocenters. The fourth-order valence-electron chi connectivity index (χ4n) is 3.67. The van der Waals surface area contributed by atoms with Crippen LogP contribution in [0.25, 0.3) is 21.8 Å². The lowest BCUT2D eigenvalue weighted by Crippen LogP contribution is -2.24. The van der Waals surface area contributed by atoms with E-state index in [1.807, 2.05) is 42.5 Å². The average molecular weight is 491 g/mol. The van der Waals surface area contributed by atoms with Crippen molar-refractivity contribution in [2.75, 3.05) is 7.11 Å². The number of aromatic amines is 1. The van der Waals surface area contributed by atoms with E-state index in [1.54, 1.807) is 35.9 Å². The molecule has 0 aliphatic carbocycles. The van der Waals surface area contributed by atoms with Crippen LogP contribution in [0.5, 0.6) is 5.75 Å². The number of rotatable bonds is 6. The summed E-state index contributed by atoms with van der Waals surface area (Å²) in [4.78, 5) is 37.9. The number of nitrogens with one attached hydrogen (secondary N) is 1. The lowest BCUT2D eigenvalue weighted by Gasteiger charge is -2.13. The van der Waals surface area contributed by atoms with Crippen LogP contribution in [0.3, 0.4) is 0 Å². The lowest BCUT2D eigenvalue weighted by molar-refractivity contribution is 0.414. The van der Waals surface area contributed by atoms with Gasteiger partial charge in [0.05, 0.1) is 41.2 Å². The summed E-state index contributed by atoms with van der Waals surface area (Å²) in [5, 5.41) is 2.06. The van der Waals surface area contributed by atoms with Gasteiger partial charge >= 0.3 is 0 Å². The van der Waals surface area contributed by atoms with Crippen molar-refractivity contribution in [3.8, 4) is 5.75 Å². The highest BCUT2D eigenvalue weighted by Gasteiger charge is 2.14. The summed E-state index contributed by atoms with van der Waals surface area (Å²) in [6, 6.07) is 19.8. The number of ether oxygens (including phenoxy) is 1. The summed E-state index contributed by atoms with van der Waals surface area (Å²) in [6.45, 7) is 0.347. The van der Waals surface area contributed by atoms with E-state index in [0.29, 0.717) is 50.1 Å². The molecule has 170 valence electrons. The predicted octanol–water partition coefficient (Wildman–Crippen LogP) is 4.64. The van der Waals surface area contributed by atoms with Crippen LogP contribution in [0.15, 0.2) is 81.5 Å². The molecule has 0 fully saturated rings. The summed E-state index contributed by atoms with van der Waals surface area (Å²) in [5.41, 5.74) is 1.71. The van der Waals surface area contributed by atoms with Gasteiger partial charge in [0.15, 0.2) is 5.16 Å². The molecule has 0 atom stereocenters. The molecule has 0 saturated heterocycles. The summed E-state index contributed by atoms with van der Waals surface area (Å²) in [5.74, 6) is 1.54. The maximum atomic E-state index is 13.4. The minimum Gasteiger partial charge on any atom is -0.497 e. The molecular formula is C25H19ClN4O3S. The molecular weight excluding hydrogens is 472 g/mol. The van der Waals surface area contributed by atoms with E-state index in [1.165, 1.54) is 11.8 Å². The van der Waals surface area contributed by atoms with Gasteiger partial charge in [0.1, 0.15) is 11.6 Å². The van der Waals surface area contributed by atoms with Gasteiger partial charge in [-0.3, -0.25) is 14.2 Å². The summed E-state index contributed by atoms with van der Waals surface area (Å²) in [7, 11) is 1.61. The standard InChI is InChI=1S/C25H19ClN4O3S/c1-33-17-9-6-15(7-10-17)13-30-24(32)19-4-2-3-5-20(19)28-25(30)34-14-22-27-21-12-16(26)8-11-18(21)23(31)29-22/h2-12H,13-14H2,1H3,(H,27,29,31). The summed E-state index contributed by atoms with van der Waals surface area (Å²) >= 11 is 7.41. The second-order valence-electron chi connectivity index (χ2n) is 7.61. The molecule has 5 rings (SSSR count). The van der Waals surface area contributed by atoms with Gasteiger partial charge in [-0.25, -0.2) is 9.97 Å². The first kappa shape index (κ1) is 22.2. The summed E-state index contributed by atoms with van der Waals surface area (Å²) < 4.78 is 6.87. The third-order valence-electron chi connectivity index (χ3n) is 5.38. The maximum absolute atomic E-state index is 13.4. The molecule has 34 heavy (non-hydrogen) atoms. The zero-order valence-electron chi connectivity index (χ0n) is 18.1. The fourth-order valence-corrected chi connectivity index (χ4v) is 4.71. The topological polar surface area (TPSA) is 89.9 Å². The van der Waals surface area contributed by atoms with Gasteiger partial charge < -0.3 is 9.72 Å². The van der Waals surface area contributed by atoms with Gasteiger partial charge in [-0.2, -0.15) is 0 Å². The van der Waals surface area contributed by atoms with Crippen LogP contribution in [-0.4, -0.2) is 26.6 Å². The van der Waals surface area contributed by atoms with Crippen molar-refractivity contribution in [1.82, 2.24) is 19.5 Å². The van der Waals surface area contributed by atoms with E-state index in [-0.39, 0.29) is 11.1 Å². The Balaban J connectivity index is 1.53. The average Bonchev–Trinajstić information content (AvgIpc) is 2.85. The molecule has 0 bridgehead atoms. The van der Waals surface area contributed by atoms with E-state index in [4.69, 9.17) is 21.3 Å². The van der Waals surface area contributed by atoms with E-state index >= 15 is 0 Å². The van der Waals surface area contributed by atoms with E-state index in [0.717, 1.165) is 11.3 Å². The van der Waals surface area contributed by atoms with Gasteiger partial charge in [0.25, 0.3) is 11.1 Å². The number of nitrogens with zero attached hydrogens (tertiary/aromatic N) is 3. The molecule has 9 heteroatoms. The number of H-pyrrole nitrogens is 1. The first-order valence-corrected chi connectivity index (χ1v) is 11.8. The Hall–Kier alpha value is -3.62. The Labute approximate surface area is 203 Å². The second kappa shape index (κ2) is 9.32. The largest absolute Gasteiger partial charge is 0.497 e. The van der Waals surface area contributed by atoms with Crippen LogP contribution >= 0.6 is 23.4 Å². The van der Waals surface area contributed by atoms with Crippen molar-refractivity contribution in [3.05, 3.63) is 104 Å². The molecule has 0 aliphatic heterocycles. The highest BCUT2D eigenvalue weighted by molar-refractivity contribution is 7.98. The van der Waals surface area contributed by atoms with Crippen LogP contribution < -0.4 is 15.9 Å². The molecule has 7 nitrogen and oxygen atoms in total. The predicted molar refractivity (Wildman–Crippen MR) is 135 cm³/mol. The first-order valence-electron chi connectivity index (χ1n) is 10.5. The quantitative estimate of drug-likeness (QED) is 0.275. The molecule has 1 N–H and O–H groups in total. The highest BCUT2D eigenvalue weighted by Crippen LogP contribution is 2.23. The lowest BCUT2D eigenvalue weighted by atomic mass is 10.2. The molecule has 0 spiro atoms. The van der Waals surface area contributed by atoms with Gasteiger partial charge in [-0.15, -0.1) is 0 Å². The van der Waals surface area contributed by atoms with Gasteiger partial charge in [0, 0.05) is 5.02 Å². The maximum Gasteiger partial charge on any atom is 0.262 e. The molecule has 2 heterocycles. The molecule has 0 aliphatic rings. The molecule has 2 aromatic heterocycles. The Morgan fingerprint density at radius 1 is 0.971 bits per heavy atom. The molecule has 0 saturated carbocycles. The number of hydrogen-bond acceptors (Lipinski definition) is 6. The van der Waals surface area contributed by atoms with Crippen molar-refractivity contribution < 1.29 is 4.74 Å². The third-order valence-corrected chi connectivity index (χ3v) is 6.60. The Kier molecular flexibility index (Phi) is 6.08. The van der Waals surface area contributed by atoms with Crippen molar-refractivity contribution in [3.63, 3.8) is 0 Å². The van der Waals surface area contributed by atoms with Crippen molar-refractivity contribution in [2.24, 2.45) is 0 Å². The van der Waals surface area contributed by atoms with E-state index < -0.39 is 0 Å². The van der Waals surface area contributed by atoms with Gasteiger partial charge in [0.2, 0.25) is 0 Å². The number of para-hydroxylation sites is 1. The SMILES string of the molecule is COc1ccc(Cn2c(SCc3nc4cc(Cl)ccc4c(=O)[nH]3)nc3ccccc3c2=O)cc1. The van der Waals surface area contributed by atoms with E-state index in [9.17, 15) is 9.59 Å². The van der Waals surface area contributed by atoms with Crippen LogP contribution in [0.1, 0.15) is 11.4 Å². The van der Waals surface area contributed by atoms with Gasteiger partial charge in [-0.1, -0.05) is 47.6 Å². The smallest absolute Gasteiger partial charge is 0.262 e. The second-order valence-corrected chi connectivity index (χ2v) is 8.99. The number of thioether (sulfide) groups is 1. The minimum atomic E-state index is -0.237. The molecule has 0 radical (unpaired) electrons. The van der Waals surface area contributed by atoms with Crippen molar-refractivity contribution in [2.45, 2.75) is 17.5 Å². The zero-order chi connectivity index (χ0) is 23.7. The molecule has 3 aromatic carbocycles. The van der Waals surface area contributed by atoms with Crippen LogP contribution in [0.2, 0.25) is 5.02 Å². The normalized spacial score (nSPS) is 11.2. The number of hydrogen-bond donors (Lipinski definition) is 1. The summed E-state index contributed by atoms with van der Waals surface area (Å²) in [6.07, 6.45) is 0. The van der Waals surface area contributed by atoms with Crippen molar-refractivity contribution in [1.29, 1.82) is 0 Å². The Bertz CT molecular complexity index is 1630. The molecule has 0 amide bonds. The third kappa shape index (κ3) is 4.42. The van der Waals surface area contributed by atoms with Crippen molar-refractivity contribution >= 4 is 45.2 Å². The van der Waals surface area contributed by atoms with Gasteiger partial charge in [-0.05, 0) is 48.0 Å². The number of methoxy groups -OCH3 is 1. The number of halogens is 1. The number of fused-ring (bicyclic) bond motifs is 2. The monoisotopic (exact) mass is 490 g/mol. The van der Waals surface area contributed by atoms with E-state index in [2.05, 4.69) is 9.97 Å². The molecule has 5 aromatic rings. The van der Waals surface area contributed by atoms with Crippen LogP contribution in [0, 0.1) is 0 Å². The minimum absolute atomic E-state index is 0.129. The number of aromatic nitrogens is 4. The Morgan fingerprint density at radius 2 is 1.76 bits per heavy atom. The highest BCUT2D eigenvalue weighted by atomic mass is 35.5. The zero-order valence-corrected chi connectivity index (χ0v) is 19.7. The fraction of sp³-hybridized carbons (Fsp3) is 0.120. The van der Waals surface area contributed by atoms with Crippen LogP contribution in [0.4, 0.5) is 0 Å².